The Labute approximate surface area is 132 Å². The molecule has 2 amide bonds. The average molecular weight is 302 g/mol. The summed E-state index contributed by atoms with van der Waals surface area (Å²) < 4.78 is 0. The Morgan fingerprint density at radius 1 is 1.27 bits per heavy atom. The highest BCUT2D eigenvalue weighted by Crippen LogP contribution is 2.37. The molecule has 3 rings (SSSR count). The molecule has 4 heteroatoms. The standard InChI is InChI=1S/C18H26N2O2/c1-13-10-11-20(12-16(13)21)18(22)19-17(15-8-5-9-15)14-6-3-2-4-7-14/h2-4,6-7,13,15-17,21H,5,8-12H2,1H3,(H,19,22). The summed E-state index contributed by atoms with van der Waals surface area (Å²) in [5.41, 5.74) is 1.19. The van der Waals surface area contributed by atoms with Gasteiger partial charge < -0.3 is 15.3 Å². The largest absolute Gasteiger partial charge is 0.391 e. The maximum absolute atomic E-state index is 12.6. The highest BCUT2D eigenvalue weighted by atomic mass is 16.3. The molecule has 0 radical (unpaired) electrons. The monoisotopic (exact) mass is 302 g/mol. The molecule has 1 aliphatic carbocycles. The third-order valence-electron chi connectivity index (χ3n) is 5.26. The molecule has 0 bridgehead atoms. The molecular weight excluding hydrogens is 276 g/mol. The lowest BCUT2D eigenvalue weighted by atomic mass is 9.77. The average Bonchev–Trinajstić information content (AvgIpc) is 2.48. The maximum Gasteiger partial charge on any atom is 0.317 e. The number of likely N-dealkylation sites (tertiary alicyclic amines) is 1. The van der Waals surface area contributed by atoms with E-state index in [9.17, 15) is 9.90 Å². The fourth-order valence-electron chi connectivity index (χ4n) is 3.36. The van der Waals surface area contributed by atoms with Crippen LogP contribution in [0.25, 0.3) is 0 Å². The molecule has 3 atom stereocenters. The summed E-state index contributed by atoms with van der Waals surface area (Å²) in [6, 6.07) is 10.3. The van der Waals surface area contributed by atoms with Crippen molar-refractivity contribution in [2.45, 2.75) is 44.8 Å². The normalized spacial score (nSPS) is 27.1. The summed E-state index contributed by atoms with van der Waals surface area (Å²) in [4.78, 5) is 14.3. The smallest absolute Gasteiger partial charge is 0.317 e. The van der Waals surface area contributed by atoms with Crippen molar-refractivity contribution in [3.63, 3.8) is 0 Å². The third kappa shape index (κ3) is 3.27. The van der Waals surface area contributed by atoms with Crippen molar-refractivity contribution in [3.8, 4) is 0 Å². The SMILES string of the molecule is CC1CCN(C(=O)NC(c2ccccc2)C2CCC2)CC1O. The number of aliphatic hydroxyl groups excluding tert-OH is 1. The Kier molecular flexibility index (Phi) is 4.67. The molecule has 1 aromatic carbocycles. The zero-order valence-electron chi connectivity index (χ0n) is 13.2. The van der Waals surface area contributed by atoms with Gasteiger partial charge in [0.1, 0.15) is 0 Å². The van der Waals surface area contributed by atoms with Crippen LogP contribution in [0.15, 0.2) is 30.3 Å². The predicted molar refractivity (Wildman–Crippen MR) is 86.4 cm³/mol. The minimum Gasteiger partial charge on any atom is -0.391 e. The number of urea groups is 1. The number of β-amino-alcohol motifs (C(OH)–C–C–N with tert-alkyl or cyclic N) is 1. The Hall–Kier alpha value is -1.55. The Balaban J connectivity index is 1.67. The van der Waals surface area contributed by atoms with Gasteiger partial charge in [0.25, 0.3) is 0 Å². The van der Waals surface area contributed by atoms with E-state index in [2.05, 4.69) is 17.4 Å². The first-order valence-corrected chi connectivity index (χ1v) is 8.43. The zero-order chi connectivity index (χ0) is 15.5. The molecule has 0 spiro atoms. The number of hydrogen-bond acceptors (Lipinski definition) is 2. The van der Waals surface area contributed by atoms with E-state index in [-0.39, 0.29) is 18.0 Å². The number of rotatable bonds is 3. The van der Waals surface area contributed by atoms with E-state index in [1.165, 1.54) is 24.8 Å². The fourth-order valence-corrected chi connectivity index (χ4v) is 3.36. The van der Waals surface area contributed by atoms with E-state index in [0.717, 1.165) is 13.0 Å². The Morgan fingerprint density at radius 3 is 2.59 bits per heavy atom. The van der Waals surface area contributed by atoms with Gasteiger partial charge in [-0.05, 0) is 36.7 Å². The molecule has 2 fully saturated rings. The number of nitrogens with zero attached hydrogens (tertiary/aromatic N) is 1. The topological polar surface area (TPSA) is 52.6 Å². The lowest BCUT2D eigenvalue weighted by molar-refractivity contribution is 0.0419. The number of benzene rings is 1. The molecule has 1 saturated heterocycles. The Bertz CT molecular complexity index is 501. The summed E-state index contributed by atoms with van der Waals surface area (Å²) in [5.74, 6) is 0.820. The molecule has 1 aliphatic heterocycles. The number of aliphatic hydroxyl groups is 1. The summed E-state index contributed by atoms with van der Waals surface area (Å²) >= 11 is 0. The number of piperidine rings is 1. The van der Waals surface area contributed by atoms with Gasteiger partial charge in [-0.2, -0.15) is 0 Å². The van der Waals surface area contributed by atoms with Gasteiger partial charge in [0.2, 0.25) is 0 Å². The van der Waals surface area contributed by atoms with Gasteiger partial charge in [-0.1, -0.05) is 43.7 Å². The zero-order valence-corrected chi connectivity index (χ0v) is 13.2. The van der Waals surface area contributed by atoms with Crippen LogP contribution in [0.2, 0.25) is 0 Å². The molecular formula is C18H26N2O2. The van der Waals surface area contributed by atoms with Crippen LogP contribution in [0.5, 0.6) is 0 Å². The van der Waals surface area contributed by atoms with Crippen LogP contribution in [-0.2, 0) is 0 Å². The van der Waals surface area contributed by atoms with Gasteiger partial charge in [-0.25, -0.2) is 4.79 Å². The molecule has 3 unspecified atom stereocenters. The number of hydrogen-bond donors (Lipinski definition) is 2. The van der Waals surface area contributed by atoms with Gasteiger partial charge in [0.15, 0.2) is 0 Å². The lowest BCUT2D eigenvalue weighted by Crippen LogP contribution is -2.51. The molecule has 4 nitrogen and oxygen atoms in total. The van der Waals surface area contributed by atoms with Crippen LogP contribution in [-0.4, -0.2) is 35.2 Å². The van der Waals surface area contributed by atoms with Gasteiger partial charge in [-0.15, -0.1) is 0 Å². The van der Waals surface area contributed by atoms with E-state index in [1.54, 1.807) is 4.90 Å². The molecule has 120 valence electrons. The van der Waals surface area contributed by atoms with Crippen molar-refractivity contribution in [3.05, 3.63) is 35.9 Å². The molecule has 1 aromatic rings. The summed E-state index contributed by atoms with van der Waals surface area (Å²) in [5, 5.41) is 13.2. The fraction of sp³-hybridized carbons (Fsp3) is 0.611. The number of amides is 2. The van der Waals surface area contributed by atoms with Crippen molar-refractivity contribution in [2.24, 2.45) is 11.8 Å². The van der Waals surface area contributed by atoms with Crippen LogP contribution in [0.3, 0.4) is 0 Å². The first kappa shape index (κ1) is 15.3. The second-order valence-electron chi connectivity index (χ2n) is 6.81. The first-order valence-electron chi connectivity index (χ1n) is 8.43. The highest BCUT2D eigenvalue weighted by molar-refractivity contribution is 5.75. The van der Waals surface area contributed by atoms with Gasteiger partial charge in [-0.3, -0.25) is 0 Å². The van der Waals surface area contributed by atoms with Crippen molar-refractivity contribution in [1.82, 2.24) is 10.2 Å². The Morgan fingerprint density at radius 2 is 2.00 bits per heavy atom. The molecule has 1 heterocycles. The van der Waals surface area contributed by atoms with E-state index in [0.29, 0.717) is 12.5 Å². The number of carbonyl (C=O) groups excluding carboxylic acids is 1. The van der Waals surface area contributed by atoms with Crippen molar-refractivity contribution in [1.29, 1.82) is 0 Å². The summed E-state index contributed by atoms with van der Waals surface area (Å²) in [7, 11) is 0. The van der Waals surface area contributed by atoms with Gasteiger partial charge >= 0.3 is 6.03 Å². The number of carbonyl (C=O) groups is 1. The minimum absolute atomic E-state index is 0.0355. The van der Waals surface area contributed by atoms with Crippen molar-refractivity contribution >= 4 is 6.03 Å². The number of nitrogens with one attached hydrogen (secondary N) is 1. The van der Waals surface area contributed by atoms with Crippen LogP contribution in [0, 0.1) is 11.8 Å². The molecule has 2 aliphatic rings. The lowest BCUT2D eigenvalue weighted by Gasteiger charge is -2.38. The molecule has 0 aromatic heterocycles. The quantitative estimate of drug-likeness (QED) is 0.902. The van der Waals surface area contributed by atoms with Crippen molar-refractivity contribution in [2.75, 3.05) is 13.1 Å². The van der Waals surface area contributed by atoms with Crippen LogP contribution in [0.4, 0.5) is 4.79 Å². The second-order valence-corrected chi connectivity index (χ2v) is 6.81. The van der Waals surface area contributed by atoms with Crippen LogP contribution in [0.1, 0.15) is 44.2 Å². The van der Waals surface area contributed by atoms with E-state index >= 15 is 0 Å². The van der Waals surface area contributed by atoms with E-state index in [1.807, 2.05) is 25.1 Å². The van der Waals surface area contributed by atoms with E-state index in [4.69, 9.17) is 0 Å². The maximum atomic E-state index is 12.6. The minimum atomic E-state index is -0.404. The van der Waals surface area contributed by atoms with Crippen molar-refractivity contribution < 1.29 is 9.90 Å². The van der Waals surface area contributed by atoms with Crippen LogP contribution < -0.4 is 5.32 Å². The first-order chi connectivity index (χ1) is 10.6. The molecule has 22 heavy (non-hydrogen) atoms. The summed E-state index contributed by atoms with van der Waals surface area (Å²) in [6.07, 6.45) is 4.08. The third-order valence-corrected chi connectivity index (χ3v) is 5.26. The molecule has 1 saturated carbocycles. The van der Waals surface area contributed by atoms with Crippen LogP contribution >= 0.6 is 0 Å². The van der Waals surface area contributed by atoms with Gasteiger partial charge in [0, 0.05) is 13.1 Å². The molecule has 2 N–H and O–H groups in total. The second kappa shape index (κ2) is 6.69. The van der Waals surface area contributed by atoms with Gasteiger partial charge in [0.05, 0.1) is 12.1 Å². The van der Waals surface area contributed by atoms with E-state index < -0.39 is 6.10 Å². The highest BCUT2D eigenvalue weighted by Gasteiger charge is 2.33. The summed E-state index contributed by atoms with van der Waals surface area (Å²) in [6.45, 7) is 3.22. The predicted octanol–water partition coefficient (Wildman–Crippen LogP) is 2.94.